The number of pyridine rings is 1. The summed E-state index contributed by atoms with van der Waals surface area (Å²) in [5.41, 5.74) is 1.86. The van der Waals surface area contributed by atoms with E-state index in [4.69, 9.17) is 4.74 Å². The maximum atomic E-state index is 11.5. The molecule has 0 spiro atoms. The van der Waals surface area contributed by atoms with Crippen LogP contribution in [0.25, 0.3) is 0 Å². The van der Waals surface area contributed by atoms with Crippen LogP contribution in [-0.2, 0) is 4.79 Å². The van der Waals surface area contributed by atoms with Crippen LogP contribution in [0.5, 0.6) is 5.88 Å². The zero-order chi connectivity index (χ0) is 13.1. The van der Waals surface area contributed by atoms with Crippen LogP contribution in [0, 0.1) is 12.8 Å². The van der Waals surface area contributed by atoms with Crippen LogP contribution in [0.3, 0.4) is 0 Å². The minimum absolute atomic E-state index is 0.00547. The molecule has 0 aliphatic heterocycles. The molecule has 0 bridgehead atoms. The summed E-state index contributed by atoms with van der Waals surface area (Å²) >= 11 is 0. The fourth-order valence-electron chi connectivity index (χ4n) is 2.38. The van der Waals surface area contributed by atoms with E-state index < -0.39 is 0 Å². The summed E-state index contributed by atoms with van der Waals surface area (Å²) in [7, 11) is 1.57. The molecule has 2 atom stereocenters. The third-order valence-electron chi connectivity index (χ3n) is 3.39. The molecule has 1 N–H and O–H groups in total. The van der Waals surface area contributed by atoms with Crippen molar-refractivity contribution in [1.82, 2.24) is 4.98 Å². The molecule has 0 radical (unpaired) electrons. The maximum absolute atomic E-state index is 11.5. The summed E-state index contributed by atoms with van der Waals surface area (Å²) in [5.74, 6) is 0.650. The van der Waals surface area contributed by atoms with Gasteiger partial charge in [-0.15, -0.1) is 0 Å². The number of hydrogen-bond acceptors (Lipinski definition) is 4. The van der Waals surface area contributed by atoms with Crippen molar-refractivity contribution in [2.75, 3.05) is 13.7 Å². The van der Waals surface area contributed by atoms with E-state index in [1.807, 2.05) is 13.0 Å². The summed E-state index contributed by atoms with van der Waals surface area (Å²) < 4.78 is 5.07. The minimum Gasteiger partial charge on any atom is -0.481 e. The van der Waals surface area contributed by atoms with Gasteiger partial charge in [-0.05, 0) is 18.6 Å². The lowest BCUT2D eigenvalue weighted by Crippen LogP contribution is -2.22. The average Bonchev–Trinajstić information content (AvgIpc) is 2.38. The van der Waals surface area contributed by atoms with E-state index in [0.29, 0.717) is 12.3 Å². The molecule has 4 heteroatoms. The van der Waals surface area contributed by atoms with Crippen molar-refractivity contribution in [2.24, 2.45) is 5.92 Å². The van der Waals surface area contributed by atoms with E-state index in [9.17, 15) is 9.90 Å². The molecule has 0 unspecified atom stereocenters. The summed E-state index contributed by atoms with van der Waals surface area (Å²) in [4.78, 5) is 15.9. The van der Waals surface area contributed by atoms with Crippen LogP contribution in [0.1, 0.15) is 23.6 Å². The molecular weight excluding hydrogens is 230 g/mol. The van der Waals surface area contributed by atoms with Crippen LogP contribution >= 0.6 is 0 Å². The number of rotatable bonds is 3. The minimum atomic E-state index is -0.0170. The Hall–Kier alpha value is -1.68. The molecule has 1 heterocycles. The van der Waals surface area contributed by atoms with Crippen LogP contribution in [0.15, 0.2) is 24.3 Å². The standard InChI is InChI=1S/C14H17NO3/c1-9-12(5-6-14(15-9)18-2)13-7-11(17)4-3-10(13)8-16/h3-6,10,13,16H,7-8H2,1-2H3/t10-,13+/m1/s1. The van der Waals surface area contributed by atoms with E-state index in [1.165, 1.54) is 0 Å². The number of ketones is 1. The van der Waals surface area contributed by atoms with Crippen LogP contribution in [0.2, 0.25) is 0 Å². The predicted octanol–water partition coefficient (Wildman–Crippen LogP) is 1.62. The van der Waals surface area contributed by atoms with Crippen LogP contribution in [0.4, 0.5) is 0 Å². The van der Waals surface area contributed by atoms with Gasteiger partial charge in [-0.2, -0.15) is 0 Å². The van der Waals surface area contributed by atoms with Gasteiger partial charge in [0.05, 0.1) is 7.11 Å². The average molecular weight is 247 g/mol. The van der Waals surface area contributed by atoms with Gasteiger partial charge in [0, 0.05) is 36.6 Å². The SMILES string of the molecule is COc1ccc([C@H]2CC(=O)C=C[C@@H]2CO)c(C)n1. The third kappa shape index (κ3) is 2.43. The molecule has 0 saturated carbocycles. The second-order valence-corrected chi connectivity index (χ2v) is 4.51. The second kappa shape index (κ2) is 5.31. The number of carbonyl (C=O) groups excluding carboxylic acids is 1. The smallest absolute Gasteiger partial charge is 0.213 e. The Morgan fingerprint density at radius 3 is 2.89 bits per heavy atom. The summed E-state index contributed by atoms with van der Waals surface area (Å²) in [6.07, 6.45) is 3.78. The zero-order valence-electron chi connectivity index (χ0n) is 10.6. The van der Waals surface area contributed by atoms with Gasteiger partial charge >= 0.3 is 0 Å². The van der Waals surface area contributed by atoms with E-state index in [-0.39, 0.29) is 24.2 Å². The number of ether oxygens (including phenoxy) is 1. The van der Waals surface area contributed by atoms with Gasteiger partial charge in [0.15, 0.2) is 5.78 Å². The summed E-state index contributed by atoms with van der Waals surface area (Å²) in [5, 5.41) is 9.39. The van der Waals surface area contributed by atoms with E-state index >= 15 is 0 Å². The third-order valence-corrected chi connectivity index (χ3v) is 3.39. The lowest BCUT2D eigenvalue weighted by molar-refractivity contribution is -0.115. The molecule has 1 aliphatic carbocycles. The van der Waals surface area contributed by atoms with E-state index in [0.717, 1.165) is 11.3 Å². The molecule has 96 valence electrons. The first kappa shape index (κ1) is 12.8. The maximum Gasteiger partial charge on any atom is 0.213 e. The molecule has 0 amide bonds. The lowest BCUT2D eigenvalue weighted by atomic mass is 9.78. The Morgan fingerprint density at radius 2 is 2.28 bits per heavy atom. The molecule has 0 fully saturated rings. The molecule has 0 aromatic carbocycles. The van der Waals surface area contributed by atoms with E-state index in [1.54, 1.807) is 25.3 Å². The van der Waals surface area contributed by atoms with Crippen molar-refractivity contribution in [3.05, 3.63) is 35.5 Å². The number of aromatic nitrogens is 1. The number of carbonyl (C=O) groups is 1. The van der Waals surface area contributed by atoms with Crippen LogP contribution < -0.4 is 4.74 Å². The van der Waals surface area contributed by atoms with Gasteiger partial charge in [-0.3, -0.25) is 4.79 Å². The molecular formula is C14H17NO3. The highest BCUT2D eigenvalue weighted by atomic mass is 16.5. The fraction of sp³-hybridized carbons (Fsp3) is 0.429. The van der Waals surface area contributed by atoms with Crippen molar-refractivity contribution in [3.8, 4) is 5.88 Å². The monoisotopic (exact) mass is 247 g/mol. The van der Waals surface area contributed by atoms with Crippen molar-refractivity contribution >= 4 is 5.78 Å². The summed E-state index contributed by atoms with van der Waals surface area (Å²) in [6, 6.07) is 3.72. The quantitative estimate of drug-likeness (QED) is 0.881. The first-order chi connectivity index (χ1) is 8.65. The number of allylic oxidation sites excluding steroid dienone is 1. The molecule has 4 nitrogen and oxygen atoms in total. The van der Waals surface area contributed by atoms with Crippen molar-refractivity contribution < 1.29 is 14.6 Å². The normalized spacial score (nSPS) is 23.2. The zero-order valence-corrected chi connectivity index (χ0v) is 10.6. The van der Waals surface area contributed by atoms with Crippen molar-refractivity contribution in [2.45, 2.75) is 19.3 Å². The second-order valence-electron chi connectivity index (χ2n) is 4.51. The highest BCUT2D eigenvalue weighted by molar-refractivity contribution is 5.91. The Morgan fingerprint density at radius 1 is 1.50 bits per heavy atom. The molecule has 1 aromatic rings. The first-order valence-electron chi connectivity index (χ1n) is 5.99. The number of nitrogens with zero attached hydrogens (tertiary/aromatic N) is 1. The molecule has 2 rings (SSSR count). The van der Waals surface area contributed by atoms with Crippen molar-refractivity contribution in [3.63, 3.8) is 0 Å². The van der Waals surface area contributed by atoms with Gasteiger partial charge < -0.3 is 9.84 Å². The molecule has 18 heavy (non-hydrogen) atoms. The Labute approximate surface area is 106 Å². The van der Waals surface area contributed by atoms with Gasteiger partial charge in [-0.1, -0.05) is 12.1 Å². The lowest BCUT2D eigenvalue weighted by Gasteiger charge is -2.26. The Kier molecular flexibility index (Phi) is 3.77. The number of aryl methyl sites for hydroxylation is 1. The summed E-state index contributed by atoms with van der Waals surface area (Å²) in [6.45, 7) is 1.94. The number of methoxy groups -OCH3 is 1. The van der Waals surface area contributed by atoms with Gasteiger partial charge in [0.1, 0.15) is 0 Å². The van der Waals surface area contributed by atoms with Gasteiger partial charge in [-0.25, -0.2) is 4.98 Å². The number of aliphatic hydroxyl groups is 1. The number of aliphatic hydroxyl groups excluding tert-OH is 1. The Balaban J connectivity index is 2.35. The topological polar surface area (TPSA) is 59.4 Å². The van der Waals surface area contributed by atoms with Gasteiger partial charge in [0.2, 0.25) is 5.88 Å². The number of hydrogen-bond donors (Lipinski definition) is 1. The predicted molar refractivity (Wildman–Crippen MR) is 67.6 cm³/mol. The molecule has 1 aromatic heterocycles. The fourth-order valence-corrected chi connectivity index (χ4v) is 2.38. The van der Waals surface area contributed by atoms with Crippen LogP contribution in [-0.4, -0.2) is 29.6 Å². The van der Waals surface area contributed by atoms with Crippen molar-refractivity contribution in [1.29, 1.82) is 0 Å². The highest BCUT2D eigenvalue weighted by Gasteiger charge is 2.27. The Bertz CT molecular complexity index is 482. The highest BCUT2D eigenvalue weighted by Crippen LogP contribution is 2.34. The molecule has 0 saturated heterocycles. The largest absolute Gasteiger partial charge is 0.481 e. The first-order valence-corrected chi connectivity index (χ1v) is 5.99. The van der Waals surface area contributed by atoms with Gasteiger partial charge in [0.25, 0.3) is 0 Å². The van der Waals surface area contributed by atoms with E-state index in [2.05, 4.69) is 4.98 Å². The molecule has 1 aliphatic rings.